The van der Waals surface area contributed by atoms with Gasteiger partial charge in [-0.3, -0.25) is 4.90 Å². The minimum atomic E-state index is 0. The molecular formula is C48H81Br3N4. The van der Waals surface area contributed by atoms with Crippen molar-refractivity contribution in [3.05, 3.63) is 90.3 Å². The van der Waals surface area contributed by atoms with Crippen LogP contribution in [0, 0.1) is 0 Å². The molecule has 314 valence electrons. The lowest BCUT2D eigenvalue weighted by molar-refractivity contribution is -0.697. The van der Waals surface area contributed by atoms with Crippen molar-refractivity contribution in [2.75, 3.05) is 0 Å². The predicted octanol–water partition coefficient (Wildman–Crippen LogP) is 3.19. The average Bonchev–Trinajstić information content (AvgIpc) is 3.15. The number of hydrogen-bond donors (Lipinski definition) is 0. The Balaban J connectivity index is 0.00000972. The van der Waals surface area contributed by atoms with Crippen molar-refractivity contribution in [1.29, 1.82) is 0 Å². The normalized spacial score (nSPS) is 10.9. The van der Waals surface area contributed by atoms with Crippen molar-refractivity contribution in [3.8, 4) is 0 Å². The maximum absolute atomic E-state index is 2.65. The summed E-state index contributed by atoms with van der Waals surface area (Å²) in [5, 5.41) is 0. The van der Waals surface area contributed by atoms with Gasteiger partial charge in [-0.15, -0.1) is 0 Å². The van der Waals surface area contributed by atoms with E-state index in [0.29, 0.717) is 0 Å². The maximum atomic E-state index is 2.65. The van der Waals surface area contributed by atoms with Gasteiger partial charge in [0, 0.05) is 73.8 Å². The van der Waals surface area contributed by atoms with Crippen LogP contribution >= 0.6 is 0 Å². The van der Waals surface area contributed by atoms with E-state index in [1.165, 1.54) is 171 Å². The van der Waals surface area contributed by atoms with E-state index in [9.17, 15) is 0 Å². The van der Waals surface area contributed by atoms with Gasteiger partial charge in [-0.05, 0) is 37.5 Å². The third-order valence-electron chi connectivity index (χ3n) is 10.8. The Bertz CT molecular complexity index is 1130. The summed E-state index contributed by atoms with van der Waals surface area (Å²) in [6.07, 6.45) is 46.9. The average molecular weight is 954 g/mol. The molecule has 55 heavy (non-hydrogen) atoms. The van der Waals surface area contributed by atoms with Crippen LogP contribution in [0.4, 0.5) is 0 Å². The molecule has 7 heteroatoms. The Morgan fingerprint density at radius 2 is 0.582 bits per heavy atom. The van der Waals surface area contributed by atoms with Crippen LogP contribution in [-0.2, 0) is 39.3 Å². The van der Waals surface area contributed by atoms with E-state index < -0.39 is 0 Å². The summed E-state index contributed by atoms with van der Waals surface area (Å²) in [6.45, 7) is 13.1. The minimum Gasteiger partial charge on any atom is -1.00 e. The van der Waals surface area contributed by atoms with E-state index in [4.69, 9.17) is 0 Å². The largest absolute Gasteiger partial charge is 1.00 e. The zero-order valence-corrected chi connectivity index (χ0v) is 40.3. The van der Waals surface area contributed by atoms with Gasteiger partial charge in [0.15, 0.2) is 37.2 Å². The molecule has 0 N–H and O–H groups in total. The molecule has 0 aliphatic carbocycles. The third-order valence-corrected chi connectivity index (χ3v) is 10.8. The first-order chi connectivity index (χ1) is 25.7. The van der Waals surface area contributed by atoms with Crippen molar-refractivity contribution in [2.45, 2.75) is 214 Å². The van der Waals surface area contributed by atoms with Crippen LogP contribution in [0.1, 0.15) is 192 Å². The highest BCUT2D eigenvalue weighted by atomic mass is 79.9. The Kier molecular flexibility index (Phi) is 36.4. The Morgan fingerprint density at radius 1 is 0.345 bits per heavy atom. The van der Waals surface area contributed by atoms with Gasteiger partial charge < -0.3 is 50.9 Å². The fraction of sp³-hybridized carbons (Fsp3) is 0.688. The van der Waals surface area contributed by atoms with Crippen LogP contribution in [0.15, 0.2) is 73.6 Å². The topological polar surface area (TPSA) is 14.9 Å². The van der Waals surface area contributed by atoms with Gasteiger partial charge in [-0.2, -0.15) is 0 Å². The molecule has 0 unspecified atom stereocenters. The molecule has 0 aromatic carbocycles. The fourth-order valence-electron chi connectivity index (χ4n) is 7.65. The number of aromatic nitrogens is 3. The molecule has 0 atom stereocenters. The van der Waals surface area contributed by atoms with E-state index >= 15 is 0 Å². The summed E-state index contributed by atoms with van der Waals surface area (Å²) in [7, 11) is 0. The van der Waals surface area contributed by atoms with Crippen molar-refractivity contribution in [1.82, 2.24) is 4.90 Å². The Labute approximate surface area is 371 Å². The van der Waals surface area contributed by atoms with Gasteiger partial charge in [-0.25, -0.2) is 13.7 Å². The van der Waals surface area contributed by atoms with Crippen LogP contribution < -0.4 is 64.6 Å². The number of unbranched alkanes of at least 4 members (excludes halogenated alkanes) is 21. The van der Waals surface area contributed by atoms with Gasteiger partial charge in [0.25, 0.3) is 0 Å². The van der Waals surface area contributed by atoms with Gasteiger partial charge in [0.05, 0.1) is 0 Å². The standard InChI is InChI=1S/C48H81N4.3BrH/c1-4-7-10-13-16-19-22-25-34-49-37-28-31-46(40-49)43-52(44-47-32-29-38-50(41-47)35-26-23-20-17-14-11-8-5-2)45-48-33-30-39-51(42-48)36-27-24-21-18-15-12-9-6-3;;;/h28-33,37-42H,4-27,34-36,43-45H2,1-3H3;3*1H/q+3;;;/p-3. The van der Waals surface area contributed by atoms with Gasteiger partial charge in [0.2, 0.25) is 0 Å². The first-order valence-corrected chi connectivity index (χ1v) is 22.4. The van der Waals surface area contributed by atoms with Crippen molar-refractivity contribution < 1.29 is 64.6 Å². The zero-order chi connectivity index (χ0) is 36.7. The first-order valence-electron chi connectivity index (χ1n) is 22.4. The van der Waals surface area contributed by atoms with Crippen LogP contribution in [0.5, 0.6) is 0 Å². The summed E-state index contributed by atoms with van der Waals surface area (Å²) in [4.78, 5) is 2.65. The molecule has 0 amide bonds. The highest BCUT2D eigenvalue weighted by Gasteiger charge is 2.15. The van der Waals surface area contributed by atoms with Crippen LogP contribution in [0.25, 0.3) is 0 Å². The molecule has 0 aliphatic rings. The molecule has 3 aromatic rings. The molecule has 0 saturated carbocycles. The van der Waals surface area contributed by atoms with E-state index in [0.717, 1.165) is 39.3 Å². The van der Waals surface area contributed by atoms with Crippen molar-refractivity contribution >= 4 is 0 Å². The molecule has 0 spiro atoms. The number of hydrogen-bond acceptors (Lipinski definition) is 1. The molecule has 0 radical (unpaired) electrons. The van der Waals surface area contributed by atoms with Crippen molar-refractivity contribution in [3.63, 3.8) is 0 Å². The predicted molar refractivity (Wildman–Crippen MR) is 221 cm³/mol. The quantitative estimate of drug-likeness (QED) is 0.0678. The molecule has 3 heterocycles. The molecule has 0 saturated heterocycles. The SMILES string of the molecule is CCCCCCCCCC[n+]1cccc(CN(Cc2ccc[n+](CCCCCCCCCC)c2)Cc2ccc[n+](CCCCCCCCCC)c2)c1.[Br-].[Br-].[Br-]. The molecule has 3 aromatic heterocycles. The number of rotatable bonds is 33. The zero-order valence-electron chi connectivity index (χ0n) is 35.6. The third kappa shape index (κ3) is 27.2. The highest BCUT2D eigenvalue weighted by Crippen LogP contribution is 2.14. The van der Waals surface area contributed by atoms with Gasteiger partial charge in [-0.1, -0.05) is 136 Å². The van der Waals surface area contributed by atoms with Crippen LogP contribution in [0.3, 0.4) is 0 Å². The summed E-state index contributed by atoms with van der Waals surface area (Å²) in [6, 6.07) is 13.8. The van der Waals surface area contributed by atoms with E-state index in [1.54, 1.807) is 0 Å². The van der Waals surface area contributed by atoms with E-state index in [2.05, 4.69) is 113 Å². The lowest BCUT2D eigenvalue weighted by atomic mass is 10.1. The molecule has 0 fully saturated rings. The smallest absolute Gasteiger partial charge is 0.173 e. The Morgan fingerprint density at radius 3 is 0.836 bits per heavy atom. The summed E-state index contributed by atoms with van der Waals surface area (Å²) in [5.74, 6) is 0. The molecule has 4 nitrogen and oxygen atoms in total. The lowest BCUT2D eigenvalue weighted by Crippen LogP contribution is -3.00. The van der Waals surface area contributed by atoms with E-state index in [-0.39, 0.29) is 50.9 Å². The summed E-state index contributed by atoms with van der Waals surface area (Å²) >= 11 is 0. The second-order valence-electron chi connectivity index (χ2n) is 15.9. The lowest BCUT2D eigenvalue weighted by Gasteiger charge is -2.21. The monoisotopic (exact) mass is 950 g/mol. The second kappa shape index (κ2) is 37.1. The number of halogens is 3. The summed E-state index contributed by atoms with van der Waals surface area (Å²) < 4.78 is 7.31. The molecule has 0 aliphatic heterocycles. The number of nitrogens with zero attached hydrogens (tertiary/aromatic N) is 4. The number of pyridine rings is 3. The van der Waals surface area contributed by atoms with Gasteiger partial charge >= 0.3 is 0 Å². The molecular weight excluding hydrogens is 872 g/mol. The Hall–Kier alpha value is -1.15. The number of aryl methyl sites for hydroxylation is 3. The van der Waals surface area contributed by atoms with Crippen molar-refractivity contribution in [2.24, 2.45) is 0 Å². The summed E-state index contributed by atoms with van der Waals surface area (Å²) in [5.41, 5.74) is 4.23. The van der Waals surface area contributed by atoms with Gasteiger partial charge in [0.1, 0.15) is 19.6 Å². The second-order valence-corrected chi connectivity index (χ2v) is 15.9. The fourth-order valence-corrected chi connectivity index (χ4v) is 7.65. The molecule has 0 bridgehead atoms. The molecule has 3 rings (SSSR count). The van der Waals surface area contributed by atoms with Crippen LogP contribution in [-0.4, -0.2) is 4.90 Å². The van der Waals surface area contributed by atoms with Crippen LogP contribution in [0.2, 0.25) is 0 Å². The highest BCUT2D eigenvalue weighted by molar-refractivity contribution is 5.11. The maximum Gasteiger partial charge on any atom is 0.173 e. The first kappa shape index (κ1) is 53.9. The van der Waals surface area contributed by atoms with E-state index in [1.807, 2.05) is 0 Å². The minimum absolute atomic E-state index is 0.